The van der Waals surface area contributed by atoms with Crippen LogP contribution in [0.25, 0.3) is 0 Å². The van der Waals surface area contributed by atoms with E-state index in [1.54, 1.807) is 6.21 Å². The van der Waals surface area contributed by atoms with Crippen LogP contribution in [0.3, 0.4) is 0 Å². The highest BCUT2D eigenvalue weighted by Gasteiger charge is 1.96. The summed E-state index contributed by atoms with van der Waals surface area (Å²) in [7, 11) is 4.09. The molecule has 5 heteroatoms. The van der Waals surface area contributed by atoms with E-state index in [1.807, 2.05) is 14.1 Å². The molecule has 0 spiro atoms. The van der Waals surface area contributed by atoms with Crippen LogP contribution in [-0.4, -0.2) is 44.1 Å². The van der Waals surface area contributed by atoms with E-state index in [-0.39, 0.29) is 0 Å². The van der Waals surface area contributed by atoms with Crippen molar-refractivity contribution in [1.82, 2.24) is 4.90 Å². The summed E-state index contributed by atoms with van der Waals surface area (Å²) in [6.07, 6.45) is 2.61. The summed E-state index contributed by atoms with van der Waals surface area (Å²) in [6, 6.07) is 0. The van der Waals surface area contributed by atoms with Gasteiger partial charge in [0.05, 0.1) is 6.21 Å². The Morgan fingerprint density at radius 2 is 2.33 bits per heavy atom. The third-order valence-corrected chi connectivity index (χ3v) is 1.41. The van der Waals surface area contributed by atoms with Crippen LogP contribution < -0.4 is 0 Å². The molecule has 5 nitrogen and oxygen atoms in total. The zero-order valence-corrected chi connectivity index (χ0v) is 7.43. The van der Waals surface area contributed by atoms with Crippen LogP contribution in [0.5, 0.6) is 0 Å². The van der Waals surface area contributed by atoms with Crippen molar-refractivity contribution in [3.05, 3.63) is 0 Å². The molecule has 0 fully saturated rings. The highest BCUT2D eigenvalue weighted by atomic mass is 15.4. The fourth-order valence-electron chi connectivity index (χ4n) is 0.828. The molecule has 1 aliphatic heterocycles. The maximum atomic E-state index is 4.18. The molecule has 66 valence electrons. The Morgan fingerprint density at radius 3 is 2.92 bits per heavy atom. The van der Waals surface area contributed by atoms with Crippen molar-refractivity contribution in [2.75, 3.05) is 27.2 Å². The lowest BCUT2D eigenvalue weighted by molar-refractivity contribution is 0.403. The fourth-order valence-corrected chi connectivity index (χ4v) is 0.828. The predicted molar refractivity (Wildman–Crippen MR) is 48.8 cm³/mol. The summed E-state index contributed by atoms with van der Waals surface area (Å²) < 4.78 is 0. The monoisotopic (exact) mass is 167 g/mol. The first-order valence-corrected chi connectivity index (χ1v) is 3.92. The van der Waals surface area contributed by atoms with Crippen LogP contribution in [0.4, 0.5) is 0 Å². The molecule has 0 radical (unpaired) electrons. The zero-order chi connectivity index (χ0) is 8.81. The van der Waals surface area contributed by atoms with Gasteiger partial charge >= 0.3 is 0 Å². The van der Waals surface area contributed by atoms with Gasteiger partial charge in [-0.05, 0) is 32.3 Å². The highest BCUT2D eigenvalue weighted by Crippen LogP contribution is 1.92. The molecule has 0 N–H and O–H groups in total. The second-order valence-corrected chi connectivity index (χ2v) is 2.83. The van der Waals surface area contributed by atoms with Gasteiger partial charge in [0.15, 0.2) is 5.84 Å². The average Bonchev–Trinajstić information content (AvgIpc) is 2.49. The van der Waals surface area contributed by atoms with Crippen LogP contribution in [0.1, 0.15) is 6.42 Å². The van der Waals surface area contributed by atoms with Crippen molar-refractivity contribution in [2.24, 2.45) is 20.4 Å². The molecule has 0 bridgehead atoms. The second kappa shape index (κ2) is 4.71. The quantitative estimate of drug-likeness (QED) is 0.571. The molecule has 1 aliphatic rings. The largest absolute Gasteiger partial charge is 0.309 e. The molecule has 12 heavy (non-hydrogen) atoms. The highest BCUT2D eigenvalue weighted by molar-refractivity contribution is 6.30. The Morgan fingerprint density at radius 1 is 1.50 bits per heavy atom. The Balaban J connectivity index is 2.13. The van der Waals surface area contributed by atoms with Crippen molar-refractivity contribution in [3.63, 3.8) is 0 Å². The Kier molecular flexibility index (Phi) is 3.53. The number of aliphatic imine (C=N–C) groups is 1. The van der Waals surface area contributed by atoms with E-state index in [0.717, 1.165) is 19.5 Å². The fraction of sp³-hybridized carbons (Fsp3) is 0.714. The molecule has 0 unspecified atom stereocenters. The van der Waals surface area contributed by atoms with Gasteiger partial charge in [-0.1, -0.05) is 0 Å². The summed E-state index contributed by atoms with van der Waals surface area (Å²) in [6.45, 7) is 1.84. The minimum atomic E-state index is 0.633. The summed E-state index contributed by atoms with van der Waals surface area (Å²) in [5.41, 5.74) is 0. The Bertz CT molecular complexity index is 202. The van der Waals surface area contributed by atoms with Crippen LogP contribution in [0.2, 0.25) is 0 Å². The second-order valence-electron chi connectivity index (χ2n) is 2.83. The van der Waals surface area contributed by atoms with Gasteiger partial charge in [-0.2, -0.15) is 0 Å². The molecule has 0 amide bonds. The van der Waals surface area contributed by atoms with Crippen LogP contribution in [-0.2, 0) is 0 Å². The van der Waals surface area contributed by atoms with Gasteiger partial charge in [0, 0.05) is 6.54 Å². The van der Waals surface area contributed by atoms with Crippen molar-refractivity contribution < 1.29 is 0 Å². The van der Waals surface area contributed by atoms with Crippen molar-refractivity contribution >= 4 is 12.1 Å². The van der Waals surface area contributed by atoms with E-state index in [4.69, 9.17) is 0 Å². The molecule has 0 atom stereocenters. The van der Waals surface area contributed by atoms with E-state index in [9.17, 15) is 0 Å². The van der Waals surface area contributed by atoms with E-state index < -0.39 is 0 Å². The summed E-state index contributed by atoms with van der Waals surface area (Å²) in [4.78, 5) is 6.30. The molecule has 0 saturated carbocycles. The van der Waals surface area contributed by atoms with Gasteiger partial charge in [-0.25, -0.2) is 0 Å². The zero-order valence-electron chi connectivity index (χ0n) is 7.43. The summed E-state index contributed by atoms with van der Waals surface area (Å²) in [5.74, 6) is 0.633. The van der Waals surface area contributed by atoms with Crippen molar-refractivity contribution in [3.8, 4) is 0 Å². The first kappa shape index (κ1) is 8.99. The van der Waals surface area contributed by atoms with Crippen LogP contribution in [0.15, 0.2) is 20.4 Å². The Hall–Kier alpha value is -1.10. The summed E-state index contributed by atoms with van der Waals surface area (Å²) in [5, 5.41) is 10.7. The van der Waals surface area contributed by atoms with Gasteiger partial charge < -0.3 is 4.90 Å². The number of amidine groups is 1. The van der Waals surface area contributed by atoms with Gasteiger partial charge in [-0.15, -0.1) is 10.2 Å². The molecular weight excluding hydrogens is 154 g/mol. The van der Waals surface area contributed by atoms with Gasteiger partial charge in [0.1, 0.15) is 0 Å². The van der Waals surface area contributed by atoms with E-state index in [2.05, 4.69) is 25.3 Å². The molecule has 1 heterocycles. The molecule has 0 aromatic heterocycles. The lowest BCUT2D eigenvalue weighted by atomic mass is 10.4. The van der Waals surface area contributed by atoms with Crippen molar-refractivity contribution in [1.29, 1.82) is 0 Å². The molecular formula is C7H13N5. The topological polar surface area (TPSA) is 52.7 Å². The maximum absolute atomic E-state index is 4.18. The molecule has 0 aromatic rings. The standard InChI is InChI=1S/C7H13N5/c1-12(2)5-3-4-8-7-6-9-11-10-7/h6H,3-5H2,1-2H3/b8-7-. The van der Waals surface area contributed by atoms with Gasteiger partial charge in [0.25, 0.3) is 0 Å². The average molecular weight is 167 g/mol. The first-order chi connectivity index (χ1) is 5.79. The van der Waals surface area contributed by atoms with E-state index in [0.29, 0.717) is 5.84 Å². The molecule has 0 aromatic carbocycles. The van der Waals surface area contributed by atoms with Crippen LogP contribution >= 0.6 is 0 Å². The van der Waals surface area contributed by atoms with E-state index in [1.165, 1.54) is 0 Å². The number of rotatable bonds is 4. The third kappa shape index (κ3) is 3.34. The van der Waals surface area contributed by atoms with E-state index >= 15 is 0 Å². The third-order valence-electron chi connectivity index (χ3n) is 1.41. The smallest absolute Gasteiger partial charge is 0.192 e. The first-order valence-electron chi connectivity index (χ1n) is 3.92. The summed E-state index contributed by atoms with van der Waals surface area (Å²) >= 11 is 0. The lowest BCUT2D eigenvalue weighted by Gasteiger charge is -2.06. The molecule has 0 aliphatic carbocycles. The minimum absolute atomic E-state index is 0.633. The number of hydrogen-bond acceptors (Lipinski definition) is 4. The lowest BCUT2D eigenvalue weighted by Crippen LogP contribution is -2.13. The maximum Gasteiger partial charge on any atom is 0.192 e. The van der Waals surface area contributed by atoms with Crippen LogP contribution in [0, 0.1) is 0 Å². The van der Waals surface area contributed by atoms with Gasteiger partial charge in [0.2, 0.25) is 0 Å². The number of hydrogen-bond donors (Lipinski definition) is 0. The SMILES string of the molecule is CN(C)CCC/N=C1/C=NN=N1. The number of nitrogens with zero attached hydrogens (tertiary/aromatic N) is 5. The normalized spacial score (nSPS) is 18.4. The van der Waals surface area contributed by atoms with Gasteiger partial charge in [-0.3, -0.25) is 4.99 Å². The van der Waals surface area contributed by atoms with Crippen molar-refractivity contribution in [2.45, 2.75) is 6.42 Å². The Labute approximate surface area is 71.9 Å². The molecule has 0 saturated heterocycles. The molecule has 1 rings (SSSR count). The minimum Gasteiger partial charge on any atom is -0.309 e. The predicted octanol–water partition coefficient (Wildman–Crippen LogP) is 0.788.